The molecule has 0 amide bonds. The second kappa shape index (κ2) is 4.95. The number of rotatable bonds is 3. The van der Waals surface area contributed by atoms with Gasteiger partial charge in [-0.2, -0.15) is 8.42 Å². The fraction of sp³-hybridized carbons (Fsp3) is 0.545. The van der Waals surface area contributed by atoms with Gasteiger partial charge < -0.3 is 10.0 Å². The number of nitrogens with two attached hydrogens (primary N) is 1. The van der Waals surface area contributed by atoms with Crippen LogP contribution in [0.15, 0.2) is 12.3 Å². The first-order valence-corrected chi connectivity index (χ1v) is 7.47. The molecule has 0 spiro atoms. The van der Waals surface area contributed by atoms with Crippen molar-refractivity contribution in [2.45, 2.75) is 18.8 Å². The van der Waals surface area contributed by atoms with Gasteiger partial charge in [-0.1, -0.05) is 0 Å². The molecule has 1 saturated heterocycles. The van der Waals surface area contributed by atoms with Gasteiger partial charge in [0.1, 0.15) is 5.69 Å². The first-order chi connectivity index (χ1) is 8.80. The summed E-state index contributed by atoms with van der Waals surface area (Å²) >= 11 is 0. The Labute approximate surface area is 111 Å². The summed E-state index contributed by atoms with van der Waals surface area (Å²) in [5, 5.41) is 14.3. The molecule has 1 fully saturated rings. The van der Waals surface area contributed by atoms with E-state index in [4.69, 9.17) is 5.14 Å². The highest BCUT2D eigenvalue weighted by Gasteiger charge is 2.28. The van der Waals surface area contributed by atoms with Crippen LogP contribution in [0.2, 0.25) is 0 Å². The van der Waals surface area contributed by atoms with Crippen LogP contribution >= 0.6 is 0 Å². The summed E-state index contributed by atoms with van der Waals surface area (Å²) in [6, 6.07) is 1.55. The second-order valence-electron chi connectivity index (χ2n) is 4.84. The van der Waals surface area contributed by atoms with Crippen LogP contribution < -0.4 is 5.14 Å². The Bertz CT molecular complexity index is 585. The third-order valence-electron chi connectivity index (χ3n) is 3.52. The van der Waals surface area contributed by atoms with E-state index >= 15 is 0 Å². The summed E-state index contributed by atoms with van der Waals surface area (Å²) in [5.41, 5.74) is 0.312. The summed E-state index contributed by atoms with van der Waals surface area (Å²) in [6.45, 7) is 1.73. The number of piperidine rings is 1. The van der Waals surface area contributed by atoms with E-state index in [1.807, 2.05) is 7.05 Å². The Balaban J connectivity index is 2.42. The molecule has 0 bridgehead atoms. The van der Waals surface area contributed by atoms with Crippen molar-refractivity contribution in [2.75, 3.05) is 20.1 Å². The maximum absolute atomic E-state index is 11.4. The standard InChI is InChI=1S/C11H17N3O4S/c1-13-5-2-8(3-6-13)9-4-7-14(19(12,17)18)10(9)11(15)16/h4,7-8H,2-3,5-6H2,1H3,(H,15,16)(H2,12,17,18). The highest BCUT2D eigenvalue weighted by atomic mass is 32.2. The van der Waals surface area contributed by atoms with Crippen LogP contribution in [0.4, 0.5) is 0 Å². The van der Waals surface area contributed by atoms with E-state index in [1.54, 1.807) is 6.07 Å². The number of hydrogen-bond donors (Lipinski definition) is 2. The molecule has 19 heavy (non-hydrogen) atoms. The van der Waals surface area contributed by atoms with Crippen molar-refractivity contribution in [1.82, 2.24) is 8.87 Å². The van der Waals surface area contributed by atoms with E-state index in [2.05, 4.69) is 4.90 Å². The molecule has 106 valence electrons. The van der Waals surface area contributed by atoms with Gasteiger partial charge >= 0.3 is 16.2 Å². The molecule has 3 N–H and O–H groups in total. The van der Waals surface area contributed by atoms with Gasteiger partial charge in [-0.15, -0.1) is 0 Å². The van der Waals surface area contributed by atoms with Crippen molar-refractivity contribution in [1.29, 1.82) is 0 Å². The molecule has 1 aromatic rings. The molecule has 0 unspecified atom stereocenters. The molecule has 0 aromatic carbocycles. The molecule has 1 aliphatic heterocycles. The lowest BCUT2D eigenvalue weighted by Gasteiger charge is -2.29. The fourth-order valence-corrected chi connectivity index (χ4v) is 3.18. The number of aromatic carboxylic acids is 1. The van der Waals surface area contributed by atoms with Crippen molar-refractivity contribution >= 4 is 16.2 Å². The molecule has 8 heteroatoms. The van der Waals surface area contributed by atoms with Crippen LogP contribution in [0.25, 0.3) is 0 Å². The van der Waals surface area contributed by atoms with Crippen molar-refractivity contribution in [3.8, 4) is 0 Å². The minimum Gasteiger partial charge on any atom is -0.477 e. The fourth-order valence-electron chi connectivity index (χ4n) is 2.51. The number of carboxylic acid groups (broad SMARTS) is 1. The van der Waals surface area contributed by atoms with Gasteiger partial charge in [0.2, 0.25) is 0 Å². The molecule has 1 aromatic heterocycles. The molecule has 0 aliphatic carbocycles. The molecule has 0 atom stereocenters. The van der Waals surface area contributed by atoms with Crippen molar-refractivity contribution in [3.05, 3.63) is 23.5 Å². The molecule has 7 nitrogen and oxygen atoms in total. The highest BCUT2D eigenvalue weighted by Crippen LogP contribution is 2.31. The van der Waals surface area contributed by atoms with Gasteiger partial charge in [0.15, 0.2) is 0 Å². The van der Waals surface area contributed by atoms with Gasteiger partial charge in [-0.3, -0.25) is 0 Å². The summed E-state index contributed by atoms with van der Waals surface area (Å²) < 4.78 is 23.4. The van der Waals surface area contributed by atoms with Crippen molar-refractivity contribution in [3.63, 3.8) is 0 Å². The van der Waals surface area contributed by atoms with Gasteiger partial charge in [-0.25, -0.2) is 13.9 Å². The number of likely N-dealkylation sites (tertiary alicyclic amines) is 1. The third kappa shape index (κ3) is 2.80. The van der Waals surface area contributed by atoms with Crippen molar-refractivity contribution < 1.29 is 18.3 Å². The summed E-state index contributed by atoms with van der Waals surface area (Å²) in [6.07, 6.45) is 2.84. The normalized spacial score (nSPS) is 18.6. The maximum Gasteiger partial charge on any atom is 0.353 e. The number of hydrogen-bond acceptors (Lipinski definition) is 4. The number of carbonyl (C=O) groups is 1. The zero-order valence-electron chi connectivity index (χ0n) is 10.6. The van der Waals surface area contributed by atoms with Crippen molar-refractivity contribution in [2.24, 2.45) is 5.14 Å². The average Bonchev–Trinajstić information content (AvgIpc) is 2.74. The molecule has 0 radical (unpaired) electrons. The Hall–Kier alpha value is -1.38. The second-order valence-corrected chi connectivity index (χ2v) is 6.27. The van der Waals surface area contributed by atoms with E-state index in [0.29, 0.717) is 9.54 Å². The predicted molar refractivity (Wildman–Crippen MR) is 69.4 cm³/mol. The minimum atomic E-state index is -4.08. The maximum atomic E-state index is 11.4. The van der Waals surface area contributed by atoms with Crippen LogP contribution in [-0.2, 0) is 10.2 Å². The first kappa shape index (κ1) is 14.0. The Morgan fingerprint density at radius 2 is 2.00 bits per heavy atom. The molecule has 0 saturated carbocycles. The SMILES string of the molecule is CN1CCC(c2ccn(S(N)(=O)=O)c2C(=O)O)CC1. The third-order valence-corrected chi connectivity index (χ3v) is 4.37. The van der Waals surface area contributed by atoms with Crippen LogP contribution in [0.1, 0.15) is 34.8 Å². The van der Waals surface area contributed by atoms with E-state index < -0.39 is 16.2 Å². The zero-order chi connectivity index (χ0) is 14.2. The number of carboxylic acids is 1. The number of aromatic nitrogens is 1. The quantitative estimate of drug-likeness (QED) is 0.817. The van der Waals surface area contributed by atoms with E-state index in [-0.39, 0.29) is 11.6 Å². The minimum absolute atomic E-state index is 0.0605. The smallest absolute Gasteiger partial charge is 0.353 e. The van der Waals surface area contributed by atoms with Gasteiger partial charge in [0.25, 0.3) is 0 Å². The summed E-state index contributed by atoms with van der Waals surface area (Å²) in [7, 11) is -2.08. The zero-order valence-corrected chi connectivity index (χ0v) is 11.4. The monoisotopic (exact) mass is 287 g/mol. The molecular weight excluding hydrogens is 270 g/mol. The molecular formula is C11H17N3O4S. The van der Waals surface area contributed by atoms with Gasteiger partial charge in [0.05, 0.1) is 0 Å². The van der Waals surface area contributed by atoms with Crippen LogP contribution in [0.3, 0.4) is 0 Å². The van der Waals surface area contributed by atoms with Crippen LogP contribution in [0, 0.1) is 0 Å². The van der Waals surface area contributed by atoms with Gasteiger partial charge in [0, 0.05) is 6.20 Å². The Morgan fingerprint density at radius 1 is 1.42 bits per heavy atom. The average molecular weight is 287 g/mol. The van der Waals surface area contributed by atoms with E-state index in [1.165, 1.54) is 6.20 Å². The summed E-state index contributed by atoms with van der Waals surface area (Å²) in [4.78, 5) is 13.5. The highest BCUT2D eigenvalue weighted by molar-refractivity contribution is 7.87. The lowest BCUT2D eigenvalue weighted by Crippen LogP contribution is -2.30. The Kier molecular flexibility index (Phi) is 3.66. The van der Waals surface area contributed by atoms with Crippen LogP contribution in [-0.4, -0.2) is 48.5 Å². The van der Waals surface area contributed by atoms with Crippen LogP contribution in [0.5, 0.6) is 0 Å². The molecule has 2 rings (SSSR count). The number of nitrogens with zero attached hydrogens (tertiary/aromatic N) is 2. The summed E-state index contributed by atoms with van der Waals surface area (Å²) in [5.74, 6) is -1.21. The molecule has 2 heterocycles. The largest absolute Gasteiger partial charge is 0.477 e. The lowest BCUT2D eigenvalue weighted by molar-refractivity contribution is 0.0686. The van der Waals surface area contributed by atoms with Gasteiger partial charge in [-0.05, 0) is 50.5 Å². The molecule has 1 aliphatic rings. The Morgan fingerprint density at radius 3 is 2.47 bits per heavy atom. The van der Waals surface area contributed by atoms with E-state index in [0.717, 1.165) is 25.9 Å². The lowest BCUT2D eigenvalue weighted by atomic mass is 9.89. The topological polar surface area (TPSA) is 106 Å². The first-order valence-electron chi connectivity index (χ1n) is 5.97. The predicted octanol–water partition coefficient (Wildman–Crippen LogP) is 0.0471. The van der Waals surface area contributed by atoms with E-state index in [9.17, 15) is 18.3 Å².